The normalized spacial score (nSPS) is 15.1. The van der Waals surface area contributed by atoms with Crippen molar-refractivity contribution in [3.8, 4) is 11.1 Å². The summed E-state index contributed by atoms with van der Waals surface area (Å²) in [4.78, 5) is 21.6. The molecule has 2 aromatic heterocycles. The molecule has 4 aromatic rings. The highest BCUT2D eigenvalue weighted by Crippen LogP contribution is 2.25. The molecule has 1 N–H and O–H groups in total. The van der Waals surface area contributed by atoms with Gasteiger partial charge in [-0.15, -0.1) is 0 Å². The van der Waals surface area contributed by atoms with Crippen LogP contribution in [0.25, 0.3) is 22.0 Å². The third kappa shape index (κ3) is 4.25. The number of hydrogen-bond donors (Lipinski definition) is 1. The fourth-order valence-corrected chi connectivity index (χ4v) is 5.64. The van der Waals surface area contributed by atoms with Gasteiger partial charge in [-0.2, -0.15) is 4.31 Å². The van der Waals surface area contributed by atoms with E-state index in [0.29, 0.717) is 29.2 Å². The molecule has 1 fully saturated rings. The van der Waals surface area contributed by atoms with Crippen molar-refractivity contribution in [1.82, 2.24) is 19.2 Å². The molecule has 0 unspecified atom stereocenters. The zero-order valence-corrected chi connectivity index (χ0v) is 19.2. The predicted octanol–water partition coefficient (Wildman–Crippen LogP) is 4.03. The molecular formula is C24H21ClN4O3S. The first-order valence-corrected chi connectivity index (χ1v) is 12.3. The second kappa shape index (κ2) is 8.62. The fraction of sp³-hybridized carbons (Fsp3) is 0.167. The lowest BCUT2D eigenvalue weighted by atomic mass is 10.0. The number of sulfonamides is 1. The van der Waals surface area contributed by atoms with Crippen molar-refractivity contribution in [2.24, 2.45) is 0 Å². The number of aromatic nitrogens is 2. The summed E-state index contributed by atoms with van der Waals surface area (Å²) < 4.78 is 27.6. The zero-order valence-electron chi connectivity index (χ0n) is 17.6. The highest BCUT2D eigenvalue weighted by molar-refractivity contribution is 7.89. The first-order valence-electron chi connectivity index (χ1n) is 10.5. The van der Waals surface area contributed by atoms with E-state index in [2.05, 4.69) is 9.97 Å². The van der Waals surface area contributed by atoms with Crippen LogP contribution in [0.2, 0.25) is 5.02 Å². The monoisotopic (exact) mass is 480 g/mol. The van der Waals surface area contributed by atoms with E-state index in [1.807, 2.05) is 24.3 Å². The van der Waals surface area contributed by atoms with Gasteiger partial charge in [0.15, 0.2) is 0 Å². The lowest BCUT2D eigenvalue weighted by molar-refractivity contribution is 0.0698. The minimum absolute atomic E-state index is 0.103. The summed E-state index contributed by atoms with van der Waals surface area (Å²) in [6, 6.07) is 18.0. The van der Waals surface area contributed by atoms with Crippen LogP contribution in [-0.2, 0) is 10.0 Å². The van der Waals surface area contributed by atoms with Gasteiger partial charge in [-0.1, -0.05) is 23.7 Å². The van der Waals surface area contributed by atoms with E-state index in [1.165, 1.54) is 4.31 Å². The van der Waals surface area contributed by atoms with Gasteiger partial charge in [0.25, 0.3) is 15.9 Å². The van der Waals surface area contributed by atoms with E-state index in [-0.39, 0.29) is 24.0 Å². The Labute approximate surface area is 196 Å². The molecular weight excluding hydrogens is 460 g/mol. The number of piperazine rings is 1. The van der Waals surface area contributed by atoms with Crippen LogP contribution in [0.15, 0.2) is 78.1 Å². The number of pyridine rings is 1. The van der Waals surface area contributed by atoms with Gasteiger partial charge in [0.05, 0.1) is 0 Å². The van der Waals surface area contributed by atoms with Gasteiger partial charge in [0, 0.05) is 60.1 Å². The van der Waals surface area contributed by atoms with Gasteiger partial charge in [0.2, 0.25) is 0 Å². The number of halogens is 1. The zero-order chi connectivity index (χ0) is 23.0. The molecule has 1 aliphatic rings. The van der Waals surface area contributed by atoms with E-state index < -0.39 is 10.0 Å². The number of aromatic amines is 1. The minimum atomic E-state index is -3.70. The quantitative estimate of drug-likeness (QED) is 0.477. The first-order chi connectivity index (χ1) is 15.9. The molecule has 1 aliphatic heterocycles. The Morgan fingerprint density at radius 1 is 0.879 bits per heavy atom. The summed E-state index contributed by atoms with van der Waals surface area (Å²) in [5.41, 5.74) is 3.32. The summed E-state index contributed by atoms with van der Waals surface area (Å²) >= 11 is 6.01. The molecule has 0 spiro atoms. The molecule has 0 atom stereocenters. The van der Waals surface area contributed by atoms with E-state index in [9.17, 15) is 13.2 Å². The van der Waals surface area contributed by atoms with Gasteiger partial charge >= 0.3 is 0 Å². The lowest BCUT2D eigenvalue weighted by Crippen LogP contribution is -2.50. The van der Waals surface area contributed by atoms with Crippen LogP contribution in [0.5, 0.6) is 0 Å². The van der Waals surface area contributed by atoms with Crippen LogP contribution in [0.1, 0.15) is 10.4 Å². The topological polar surface area (TPSA) is 86.4 Å². The van der Waals surface area contributed by atoms with Crippen molar-refractivity contribution in [3.05, 3.63) is 83.6 Å². The number of rotatable bonds is 4. The number of hydrogen-bond acceptors (Lipinski definition) is 4. The number of fused-ring (bicyclic) bond motifs is 1. The number of nitrogens with zero attached hydrogens (tertiary/aromatic N) is 3. The first kappa shape index (κ1) is 21.6. The summed E-state index contributed by atoms with van der Waals surface area (Å²) in [5.74, 6) is -0.103. The highest BCUT2D eigenvalue weighted by Gasteiger charge is 2.31. The Morgan fingerprint density at radius 3 is 2.24 bits per heavy atom. The fourth-order valence-electron chi connectivity index (χ4n) is 4.02. The average molecular weight is 481 g/mol. The Bertz CT molecular complexity index is 1410. The van der Waals surface area contributed by atoms with Crippen LogP contribution in [0, 0.1) is 0 Å². The third-order valence-corrected chi connectivity index (χ3v) is 7.90. The minimum Gasteiger partial charge on any atom is -0.345 e. The third-order valence-electron chi connectivity index (χ3n) is 5.85. The van der Waals surface area contributed by atoms with Crippen LogP contribution in [0.4, 0.5) is 0 Å². The van der Waals surface area contributed by atoms with E-state index in [4.69, 9.17) is 11.6 Å². The van der Waals surface area contributed by atoms with E-state index in [1.54, 1.807) is 53.7 Å². The molecule has 0 bridgehead atoms. The molecule has 0 radical (unpaired) electrons. The summed E-state index contributed by atoms with van der Waals surface area (Å²) in [6.45, 7) is 1.13. The number of H-pyrrole nitrogens is 1. The average Bonchev–Trinajstić information content (AvgIpc) is 3.28. The van der Waals surface area contributed by atoms with Gasteiger partial charge in [-0.05, 0) is 59.7 Å². The van der Waals surface area contributed by atoms with Crippen LogP contribution >= 0.6 is 11.6 Å². The molecule has 7 nitrogen and oxygen atoms in total. The van der Waals surface area contributed by atoms with Gasteiger partial charge < -0.3 is 9.88 Å². The smallest absolute Gasteiger partial charge is 0.258 e. The maximum absolute atomic E-state index is 13.1. The molecule has 0 aliphatic carbocycles. The van der Waals surface area contributed by atoms with Gasteiger partial charge in [-0.25, -0.2) is 8.42 Å². The van der Waals surface area contributed by atoms with Crippen LogP contribution in [0.3, 0.4) is 0 Å². The second-order valence-corrected chi connectivity index (χ2v) is 10.2. The molecule has 3 heterocycles. The molecule has 2 aromatic carbocycles. The van der Waals surface area contributed by atoms with Gasteiger partial charge in [0.1, 0.15) is 5.03 Å². The van der Waals surface area contributed by atoms with Crippen molar-refractivity contribution in [1.29, 1.82) is 0 Å². The van der Waals surface area contributed by atoms with E-state index in [0.717, 1.165) is 16.5 Å². The summed E-state index contributed by atoms with van der Waals surface area (Å²) in [5, 5.41) is 1.42. The molecule has 9 heteroatoms. The molecule has 5 rings (SSSR count). The van der Waals surface area contributed by atoms with Crippen LogP contribution in [-0.4, -0.2) is 59.7 Å². The van der Waals surface area contributed by atoms with Crippen LogP contribution < -0.4 is 0 Å². The number of carbonyl (C=O) groups is 1. The molecule has 1 saturated heterocycles. The predicted molar refractivity (Wildman–Crippen MR) is 128 cm³/mol. The standard InChI is InChI=1S/C24H21ClN4O3S/c25-21-5-6-22-20(15-21)16-23(27-22)33(31,32)29-13-11-28(12-14-29)24(30)19-3-1-17(2-4-19)18-7-9-26-10-8-18/h1-10,15-16,27H,11-14H2. The highest BCUT2D eigenvalue weighted by atomic mass is 35.5. The number of benzene rings is 2. The molecule has 1 amide bonds. The lowest BCUT2D eigenvalue weighted by Gasteiger charge is -2.33. The van der Waals surface area contributed by atoms with Crippen molar-refractivity contribution < 1.29 is 13.2 Å². The summed E-state index contributed by atoms with van der Waals surface area (Å²) in [6.07, 6.45) is 3.46. The number of carbonyl (C=O) groups excluding carboxylic acids is 1. The van der Waals surface area contributed by atoms with Crippen molar-refractivity contribution in [2.75, 3.05) is 26.2 Å². The Hall–Kier alpha value is -3.20. The SMILES string of the molecule is O=C(c1ccc(-c2ccncc2)cc1)N1CCN(S(=O)(=O)c2cc3cc(Cl)ccc3[nH]2)CC1. The summed E-state index contributed by atoms with van der Waals surface area (Å²) in [7, 11) is -3.70. The van der Waals surface area contributed by atoms with Gasteiger partial charge in [-0.3, -0.25) is 9.78 Å². The maximum atomic E-state index is 13.1. The Morgan fingerprint density at radius 2 is 1.55 bits per heavy atom. The maximum Gasteiger partial charge on any atom is 0.258 e. The second-order valence-electron chi connectivity index (χ2n) is 7.87. The number of nitrogens with one attached hydrogen (secondary N) is 1. The molecule has 168 valence electrons. The number of amides is 1. The Kier molecular flexibility index (Phi) is 5.65. The van der Waals surface area contributed by atoms with Crippen molar-refractivity contribution in [2.45, 2.75) is 5.03 Å². The molecule has 0 saturated carbocycles. The van der Waals surface area contributed by atoms with Crippen molar-refractivity contribution in [3.63, 3.8) is 0 Å². The molecule has 33 heavy (non-hydrogen) atoms. The Balaban J connectivity index is 1.26. The largest absolute Gasteiger partial charge is 0.345 e. The van der Waals surface area contributed by atoms with Crippen molar-refractivity contribution >= 4 is 38.4 Å². The van der Waals surface area contributed by atoms with E-state index >= 15 is 0 Å².